The van der Waals surface area contributed by atoms with Gasteiger partial charge in [0.1, 0.15) is 12.4 Å². The van der Waals surface area contributed by atoms with Crippen molar-refractivity contribution >= 4 is 11.6 Å². The lowest BCUT2D eigenvalue weighted by Crippen LogP contribution is -2.00. The molecule has 0 aliphatic carbocycles. The molecule has 0 radical (unpaired) electrons. The summed E-state index contributed by atoms with van der Waals surface area (Å²) < 4.78 is 20.5. The van der Waals surface area contributed by atoms with Crippen molar-refractivity contribution in [3.63, 3.8) is 0 Å². The monoisotopic (exact) mass is 268 g/mol. The lowest BCUT2D eigenvalue weighted by molar-refractivity contribution is 0.305. The first-order valence-electron chi connectivity index (χ1n) is 5.67. The minimum atomic E-state index is -0.435. The Labute approximate surface area is 110 Å². The molecule has 0 fully saturated rings. The average molecular weight is 269 g/mol. The summed E-state index contributed by atoms with van der Waals surface area (Å²) in [5, 5.41) is 4.27. The van der Waals surface area contributed by atoms with E-state index in [1.165, 1.54) is 12.1 Å². The summed E-state index contributed by atoms with van der Waals surface area (Å²) in [6, 6.07) is 4.91. The van der Waals surface area contributed by atoms with Crippen molar-refractivity contribution in [3.05, 3.63) is 47.0 Å². The molecule has 0 unspecified atom stereocenters. The topological polar surface area (TPSA) is 27.1 Å². The van der Waals surface area contributed by atoms with E-state index >= 15 is 0 Å². The zero-order chi connectivity index (χ0) is 13.1. The second kappa shape index (κ2) is 5.40. The number of nitrogens with zero attached hydrogens (tertiary/aromatic N) is 2. The average Bonchev–Trinajstić information content (AvgIpc) is 2.79. The molecule has 3 nitrogen and oxygen atoms in total. The first-order valence-corrected chi connectivity index (χ1v) is 6.05. The van der Waals surface area contributed by atoms with Crippen molar-refractivity contribution in [3.8, 4) is 5.75 Å². The lowest BCUT2D eigenvalue weighted by Gasteiger charge is -2.05. The molecule has 5 heteroatoms. The second-order valence-electron chi connectivity index (χ2n) is 4.29. The van der Waals surface area contributed by atoms with Gasteiger partial charge in [-0.15, -0.1) is 0 Å². The highest BCUT2D eigenvalue weighted by Gasteiger charge is 2.04. The van der Waals surface area contributed by atoms with E-state index in [0.717, 1.165) is 5.56 Å². The van der Waals surface area contributed by atoms with E-state index in [0.29, 0.717) is 5.75 Å². The molecule has 0 amide bonds. The van der Waals surface area contributed by atoms with Crippen molar-refractivity contribution < 1.29 is 9.13 Å². The number of aromatic nitrogens is 2. The fraction of sp³-hybridized carbons (Fsp3) is 0.308. The van der Waals surface area contributed by atoms with E-state index in [4.69, 9.17) is 16.3 Å². The molecule has 0 spiro atoms. The zero-order valence-electron chi connectivity index (χ0n) is 10.2. The maximum Gasteiger partial charge on any atom is 0.157 e. The molecule has 0 N–H and O–H groups in total. The van der Waals surface area contributed by atoms with Gasteiger partial charge in [-0.05, 0) is 31.5 Å². The molecule has 18 heavy (non-hydrogen) atoms. The van der Waals surface area contributed by atoms with Gasteiger partial charge in [0.25, 0.3) is 0 Å². The molecule has 1 aromatic carbocycles. The number of benzene rings is 1. The second-order valence-corrected chi connectivity index (χ2v) is 4.69. The van der Waals surface area contributed by atoms with E-state index in [1.807, 2.05) is 20.0 Å². The Morgan fingerprint density at radius 3 is 2.83 bits per heavy atom. The fourth-order valence-corrected chi connectivity index (χ4v) is 1.59. The molecular formula is C13H14ClFN2O. The lowest BCUT2D eigenvalue weighted by atomic mass is 10.2. The van der Waals surface area contributed by atoms with Crippen LogP contribution < -0.4 is 4.74 Å². The van der Waals surface area contributed by atoms with Crippen LogP contribution in [0.1, 0.15) is 25.5 Å². The molecule has 1 aromatic heterocycles. The predicted octanol–water partition coefficient (Wildman–Crippen LogP) is 3.84. The van der Waals surface area contributed by atoms with Crippen LogP contribution in [0.15, 0.2) is 30.6 Å². The highest BCUT2D eigenvalue weighted by atomic mass is 35.5. The zero-order valence-corrected chi connectivity index (χ0v) is 11.0. The van der Waals surface area contributed by atoms with E-state index in [9.17, 15) is 4.39 Å². The van der Waals surface area contributed by atoms with Crippen LogP contribution in [0.3, 0.4) is 0 Å². The van der Waals surface area contributed by atoms with Gasteiger partial charge in [-0.2, -0.15) is 5.10 Å². The van der Waals surface area contributed by atoms with E-state index in [2.05, 4.69) is 5.10 Å². The van der Waals surface area contributed by atoms with Crippen molar-refractivity contribution in [2.45, 2.75) is 26.5 Å². The predicted molar refractivity (Wildman–Crippen MR) is 68.4 cm³/mol. The van der Waals surface area contributed by atoms with Gasteiger partial charge in [0.05, 0.1) is 17.4 Å². The largest absolute Gasteiger partial charge is 0.486 e. The molecule has 0 bridgehead atoms. The Hall–Kier alpha value is -1.55. The first kappa shape index (κ1) is 12.9. The normalized spacial score (nSPS) is 10.9. The molecule has 1 heterocycles. The van der Waals surface area contributed by atoms with E-state index in [-0.39, 0.29) is 17.7 Å². The van der Waals surface area contributed by atoms with Gasteiger partial charge < -0.3 is 4.74 Å². The number of halogens is 2. The molecule has 2 rings (SSSR count). The Kier molecular flexibility index (Phi) is 3.87. The quantitative estimate of drug-likeness (QED) is 0.842. The van der Waals surface area contributed by atoms with Crippen molar-refractivity contribution in [1.82, 2.24) is 9.78 Å². The number of hydrogen-bond donors (Lipinski definition) is 0. The number of hydrogen-bond acceptors (Lipinski definition) is 2. The van der Waals surface area contributed by atoms with Crippen LogP contribution >= 0.6 is 11.6 Å². The molecule has 2 aromatic rings. The van der Waals surface area contributed by atoms with Crippen molar-refractivity contribution in [2.75, 3.05) is 0 Å². The van der Waals surface area contributed by atoms with Gasteiger partial charge >= 0.3 is 0 Å². The van der Waals surface area contributed by atoms with Crippen LogP contribution in [0.4, 0.5) is 4.39 Å². The molecule has 0 aliphatic rings. The Balaban J connectivity index is 2.00. The summed E-state index contributed by atoms with van der Waals surface area (Å²) in [6.45, 7) is 4.36. The molecular weight excluding hydrogens is 255 g/mol. The standard InChI is InChI=1S/C13H14ClFN2O/c1-9(2)17-7-11(6-16-17)18-8-10-3-4-12(14)13(15)5-10/h3-7,9H,8H2,1-2H3. The maximum atomic E-state index is 13.2. The number of ether oxygens (including phenoxy) is 1. The molecule has 0 atom stereocenters. The third-order valence-electron chi connectivity index (χ3n) is 2.50. The minimum Gasteiger partial charge on any atom is -0.486 e. The van der Waals surface area contributed by atoms with E-state index < -0.39 is 5.82 Å². The first-order chi connectivity index (χ1) is 8.56. The van der Waals surface area contributed by atoms with Gasteiger partial charge in [-0.3, -0.25) is 4.68 Å². The molecule has 96 valence electrons. The Morgan fingerprint density at radius 1 is 1.44 bits per heavy atom. The number of rotatable bonds is 4. The van der Waals surface area contributed by atoms with Crippen molar-refractivity contribution in [1.29, 1.82) is 0 Å². The van der Waals surface area contributed by atoms with Gasteiger partial charge in [-0.25, -0.2) is 4.39 Å². The Bertz CT molecular complexity index is 540. The highest BCUT2D eigenvalue weighted by molar-refractivity contribution is 6.30. The fourth-order valence-electron chi connectivity index (χ4n) is 1.47. The van der Waals surface area contributed by atoms with Crippen LogP contribution in [0.5, 0.6) is 5.75 Å². The molecule has 0 aliphatic heterocycles. The van der Waals surface area contributed by atoms with Gasteiger partial charge in [-0.1, -0.05) is 17.7 Å². The van der Waals surface area contributed by atoms with Crippen LogP contribution in [-0.4, -0.2) is 9.78 Å². The smallest absolute Gasteiger partial charge is 0.157 e. The van der Waals surface area contributed by atoms with Crippen LogP contribution in [-0.2, 0) is 6.61 Å². The van der Waals surface area contributed by atoms with Crippen molar-refractivity contribution in [2.24, 2.45) is 0 Å². The molecule has 0 saturated carbocycles. The van der Waals surface area contributed by atoms with Gasteiger partial charge in [0, 0.05) is 6.04 Å². The van der Waals surface area contributed by atoms with E-state index in [1.54, 1.807) is 16.9 Å². The third kappa shape index (κ3) is 3.01. The van der Waals surface area contributed by atoms with Gasteiger partial charge in [0.15, 0.2) is 5.75 Å². The molecule has 0 saturated heterocycles. The van der Waals surface area contributed by atoms with Crippen LogP contribution in [0.2, 0.25) is 5.02 Å². The highest BCUT2D eigenvalue weighted by Crippen LogP contribution is 2.18. The summed E-state index contributed by atoms with van der Waals surface area (Å²) in [7, 11) is 0. The summed E-state index contributed by atoms with van der Waals surface area (Å²) in [5.74, 6) is 0.231. The minimum absolute atomic E-state index is 0.117. The van der Waals surface area contributed by atoms with Crippen LogP contribution in [0, 0.1) is 5.82 Å². The summed E-state index contributed by atoms with van der Waals surface area (Å²) in [5.41, 5.74) is 0.731. The third-order valence-corrected chi connectivity index (χ3v) is 2.80. The van der Waals surface area contributed by atoms with Crippen LogP contribution in [0.25, 0.3) is 0 Å². The summed E-state index contributed by atoms with van der Waals surface area (Å²) >= 11 is 5.61. The Morgan fingerprint density at radius 2 is 2.22 bits per heavy atom. The summed E-state index contributed by atoms with van der Waals surface area (Å²) in [6.07, 6.45) is 3.46. The summed E-state index contributed by atoms with van der Waals surface area (Å²) in [4.78, 5) is 0. The van der Waals surface area contributed by atoms with Gasteiger partial charge in [0.2, 0.25) is 0 Å². The maximum absolute atomic E-state index is 13.2. The SMILES string of the molecule is CC(C)n1cc(OCc2ccc(Cl)c(F)c2)cn1.